The molecule has 4 nitrogen and oxygen atoms in total. The van der Waals surface area contributed by atoms with Crippen LogP contribution in [0.2, 0.25) is 0 Å². The molecule has 1 saturated carbocycles. The van der Waals surface area contributed by atoms with Crippen LogP contribution in [0.4, 0.5) is 5.69 Å². The number of benzene rings is 1. The SMILES string of the molecule is CCCN(CC(=O)Nc1ccc(C(N)=S)cc1)C1CC1. The second-order valence-electron chi connectivity index (χ2n) is 5.19. The third-order valence-corrected chi connectivity index (χ3v) is 3.61. The highest BCUT2D eigenvalue weighted by molar-refractivity contribution is 7.80. The Morgan fingerprint density at radius 3 is 2.55 bits per heavy atom. The molecule has 1 aliphatic carbocycles. The van der Waals surface area contributed by atoms with Gasteiger partial charge in [-0.2, -0.15) is 0 Å². The molecular formula is C15H21N3OS. The van der Waals surface area contributed by atoms with Crippen LogP contribution in [0.1, 0.15) is 31.7 Å². The third-order valence-electron chi connectivity index (χ3n) is 3.37. The molecule has 0 aromatic heterocycles. The Morgan fingerprint density at radius 1 is 1.40 bits per heavy atom. The first kappa shape index (κ1) is 14.9. The summed E-state index contributed by atoms with van der Waals surface area (Å²) in [6, 6.07) is 7.91. The molecule has 3 N–H and O–H groups in total. The van der Waals surface area contributed by atoms with Crippen LogP contribution in [-0.4, -0.2) is 34.9 Å². The van der Waals surface area contributed by atoms with Gasteiger partial charge in [-0.25, -0.2) is 0 Å². The average Bonchev–Trinajstić information content (AvgIpc) is 3.23. The van der Waals surface area contributed by atoms with Gasteiger partial charge in [0.2, 0.25) is 5.91 Å². The molecule has 0 radical (unpaired) electrons. The summed E-state index contributed by atoms with van der Waals surface area (Å²) in [5.74, 6) is 0.0356. The lowest BCUT2D eigenvalue weighted by molar-refractivity contribution is -0.117. The summed E-state index contributed by atoms with van der Waals surface area (Å²) in [5, 5.41) is 2.91. The summed E-state index contributed by atoms with van der Waals surface area (Å²) >= 11 is 4.90. The first-order chi connectivity index (χ1) is 9.60. The number of thiocarbonyl (C=S) groups is 1. The van der Waals surface area contributed by atoms with Crippen molar-refractivity contribution in [1.82, 2.24) is 4.90 Å². The zero-order valence-electron chi connectivity index (χ0n) is 11.8. The number of nitrogens with two attached hydrogens (primary N) is 1. The van der Waals surface area contributed by atoms with Gasteiger partial charge in [-0.15, -0.1) is 0 Å². The number of carbonyl (C=O) groups excluding carboxylic acids is 1. The van der Waals surface area contributed by atoms with Crippen LogP contribution in [0.25, 0.3) is 0 Å². The Bertz CT molecular complexity index is 482. The fourth-order valence-corrected chi connectivity index (χ4v) is 2.36. The summed E-state index contributed by atoms with van der Waals surface area (Å²) in [5.41, 5.74) is 7.13. The lowest BCUT2D eigenvalue weighted by Gasteiger charge is -2.20. The number of nitrogens with one attached hydrogen (secondary N) is 1. The number of amides is 1. The lowest BCUT2D eigenvalue weighted by Crippen LogP contribution is -2.35. The van der Waals surface area contributed by atoms with E-state index in [1.807, 2.05) is 24.3 Å². The number of hydrogen-bond donors (Lipinski definition) is 2. The zero-order chi connectivity index (χ0) is 14.5. The fourth-order valence-electron chi connectivity index (χ4n) is 2.22. The Morgan fingerprint density at radius 2 is 2.05 bits per heavy atom. The quantitative estimate of drug-likeness (QED) is 0.756. The van der Waals surface area contributed by atoms with Crippen LogP contribution in [0.15, 0.2) is 24.3 Å². The number of carbonyl (C=O) groups is 1. The Kier molecular flexibility index (Phi) is 5.09. The van der Waals surface area contributed by atoms with Gasteiger partial charge in [-0.05, 0) is 50.1 Å². The minimum absolute atomic E-state index is 0.0356. The van der Waals surface area contributed by atoms with Crippen LogP contribution >= 0.6 is 12.2 Å². The standard InChI is InChI=1S/C15H21N3OS/c1-2-9-18(13-7-8-13)10-14(19)17-12-5-3-11(4-6-12)15(16)20/h3-6,13H,2,7-10H2,1H3,(H2,16,20)(H,17,19). The van der Waals surface area contributed by atoms with E-state index in [0.717, 1.165) is 24.2 Å². The van der Waals surface area contributed by atoms with Crippen LogP contribution in [0.5, 0.6) is 0 Å². The van der Waals surface area contributed by atoms with E-state index in [-0.39, 0.29) is 5.91 Å². The van der Waals surface area contributed by atoms with E-state index >= 15 is 0 Å². The molecular weight excluding hydrogens is 270 g/mol. The minimum Gasteiger partial charge on any atom is -0.389 e. The zero-order valence-corrected chi connectivity index (χ0v) is 12.6. The van der Waals surface area contributed by atoms with Gasteiger partial charge in [0.05, 0.1) is 6.54 Å². The summed E-state index contributed by atoms with van der Waals surface area (Å²) in [6.07, 6.45) is 3.51. The first-order valence-corrected chi connectivity index (χ1v) is 7.44. The Hall–Kier alpha value is -1.46. The van der Waals surface area contributed by atoms with Crippen LogP contribution in [0, 0.1) is 0 Å². The van der Waals surface area contributed by atoms with Crippen molar-refractivity contribution >= 4 is 28.8 Å². The molecule has 1 aliphatic rings. The third kappa shape index (κ3) is 4.28. The van der Waals surface area contributed by atoms with Gasteiger partial charge in [0.1, 0.15) is 4.99 Å². The van der Waals surface area contributed by atoms with Crippen molar-refractivity contribution in [3.05, 3.63) is 29.8 Å². The molecule has 2 rings (SSSR count). The highest BCUT2D eigenvalue weighted by atomic mass is 32.1. The predicted octanol–water partition coefficient (Wildman–Crippen LogP) is 2.13. The molecule has 1 aromatic carbocycles. The summed E-state index contributed by atoms with van der Waals surface area (Å²) in [7, 11) is 0. The molecule has 0 bridgehead atoms. The fraction of sp³-hybridized carbons (Fsp3) is 0.467. The Labute approximate surface area is 125 Å². The van der Waals surface area contributed by atoms with Gasteiger partial charge < -0.3 is 11.1 Å². The van der Waals surface area contributed by atoms with Crippen molar-refractivity contribution in [1.29, 1.82) is 0 Å². The molecule has 5 heteroatoms. The topological polar surface area (TPSA) is 58.4 Å². The molecule has 0 saturated heterocycles. The van der Waals surface area contributed by atoms with E-state index in [9.17, 15) is 4.79 Å². The average molecular weight is 291 g/mol. The second-order valence-corrected chi connectivity index (χ2v) is 5.63. The smallest absolute Gasteiger partial charge is 0.238 e. The van der Waals surface area contributed by atoms with Crippen molar-refractivity contribution in [2.75, 3.05) is 18.4 Å². The molecule has 0 atom stereocenters. The van der Waals surface area contributed by atoms with Gasteiger partial charge in [0.15, 0.2) is 0 Å². The van der Waals surface area contributed by atoms with Crippen molar-refractivity contribution in [3.63, 3.8) is 0 Å². The number of anilines is 1. The molecule has 0 aliphatic heterocycles. The van der Waals surface area contributed by atoms with Gasteiger partial charge >= 0.3 is 0 Å². The largest absolute Gasteiger partial charge is 0.389 e. The monoisotopic (exact) mass is 291 g/mol. The summed E-state index contributed by atoms with van der Waals surface area (Å²) < 4.78 is 0. The van der Waals surface area contributed by atoms with Crippen molar-refractivity contribution in [2.45, 2.75) is 32.2 Å². The number of hydrogen-bond acceptors (Lipinski definition) is 3. The maximum absolute atomic E-state index is 12.0. The Balaban J connectivity index is 1.88. The second kappa shape index (κ2) is 6.81. The van der Waals surface area contributed by atoms with Crippen LogP contribution in [0.3, 0.4) is 0 Å². The molecule has 1 fully saturated rings. The van der Waals surface area contributed by atoms with E-state index in [0.29, 0.717) is 17.6 Å². The minimum atomic E-state index is 0.0356. The lowest BCUT2D eigenvalue weighted by atomic mass is 10.2. The predicted molar refractivity (Wildman–Crippen MR) is 85.8 cm³/mol. The van der Waals surface area contributed by atoms with E-state index in [1.54, 1.807) is 0 Å². The molecule has 0 heterocycles. The molecule has 0 spiro atoms. The van der Waals surface area contributed by atoms with Crippen molar-refractivity contribution in [2.24, 2.45) is 5.73 Å². The van der Waals surface area contributed by atoms with Crippen LogP contribution < -0.4 is 11.1 Å². The number of nitrogens with zero attached hydrogens (tertiary/aromatic N) is 1. The highest BCUT2D eigenvalue weighted by Gasteiger charge is 2.29. The maximum atomic E-state index is 12.0. The van der Waals surface area contributed by atoms with Gasteiger partial charge in [-0.1, -0.05) is 19.1 Å². The normalized spacial score (nSPS) is 14.3. The maximum Gasteiger partial charge on any atom is 0.238 e. The molecule has 0 unspecified atom stereocenters. The molecule has 1 amide bonds. The van der Waals surface area contributed by atoms with E-state index in [4.69, 9.17) is 18.0 Å². The summed E-state index contributed by atoms with van der Waals surface area (Å²) in [4.78, 5) is 14.7. The number of rotatable bonds is 7. The summed E-state index contributed by atoms with van der Waals surface area (Å²) in [6.45, 7) is 3.59. The van der Waals surface area contributed by atoms with E-state index in [2.05, 4.69) is 17.1 Å². The molecule has 20 heavy (non-hydrogen) atoms. The molecule has 1 aromatic rings. The van der Waals surface area contributed by atoms with Gasteiger partial charge in [0, 0.05) is 17.3 Å². The van der Waals surface area contributed by atoms with E-state index in [1.165, 1.54) is 12.8 Å². The first-order valence-electron chi connectivity index (χ1n) is 7.04. The highest BCUT2D eigenvalue weighted by Crippen LogP contribution is 2.26. The van der Waals surface area contributed by atoms with Gasteiger partial charge in [-0.3, -0.25) is 9.69 Å². The van der Waals surface area contributed by atoms with E-state index < -0.39 is 0 Å². The van der Waals surface area contributed by atoms with Crippen LogP contribution in [-0.2, 0) is 4.79 Å². The molecule has 108 valence electrons. The van der Waals surface area contributed by atoms with Crippen molar-refractivity contribution in [3.8, 4) is 0 Å². The van der Waals surface area contributed by atoms with Crippen molar-refractivity contribution < 1.29 is 4.79 Å². The van der Waals surface area contributed by atoms with Gasteiger partial charge in [0.25, 0.3) is 0 Å².